The highest BCUT2D eigenvalue weighted by Gasteiger charge is 2.20. The molecule has 0 aliphatic heterocycles. The van der Waals surface area contributed by atoms with Crippen LogP contribution in [0.15, 0.2) is 72.9 Å². The van der Waals surface area contributed by atoms with E-state index in [1.807, 2.05) is 66.3 Å². The molecule has 7 nitrogen and oxygen atoms in total. The Balaban J connectivity index is 1.43. The van der Waals surface area contributed by atoms with Crippen LogP contribution in [-0.2, 0) is 29.7 Å². The minimum Gasteiger partial charge on any atom is -0.489 e. The number of carbonyl (C=O) groups excluding carboxylic acids is 2. The molecule has 0 bridgehead atoms. The summed E-state index contributed by atoms with van der Waals surface area (Å²) in [6, 6.07) is 20.8. The number of nitrogens with one attached hydrogen (secondary N) is 1. The molecule has 0 radical (unpaired) electrons. The fraction of sp³-hybridized carbons (Fsp3) is 0.200. The van der Waals surface area contributed by atoms with Crippen molar-refractivity contribution >= 4 is 28.6 Å². The lowest BCUT2D eigenvalue weighted by molar-refractivity contribution is -0.116. The summed E-state index contributed by atoms with van der Waals surface area (Å²) in [6.07, 6.45) is 1.89. The van der Waals surface area contributed by atoms with E-state index < -0.39 is 5.97 Å². The van der Waals surface area contributed by atoms with Crippen LogP contribution in [0, 0.1) is 0 Å². The van der Waals surface area contributed by atoms with Gasteiger partial charge in [0.1, 0.15) is 24.6 Å². The summed E-state index contributed by atoms with van der Waals surface area (Å²) in [4.78, 5) is 25.1. The van der Waals surface area contributed by atoms with Crippen LogP contribution in [0.3, 0.4) is 0 Å². The van der Waals surface area contributed by atoms with Gasteiger partial charge in [-0.05, 0) is 48.9 Å². The van der Waals surface area contributed by atoms with Gasteiger partial charge in [0, 0.05) is 18.9 Å². The van der Waals surface area contributed by atoms with Crippen molar-refractivity contribution in [2.24, 2.45) is 7.05 Å². The Morgan fingerprint density at radius 3 is 2.44 bits per heavy atom. The van der Waals surface area contributed by atoms with Gasteiger partial charge in [-0.15, -0.1) is 0 Å². The molecule has 0 unspecified atom stereocenters. The molecule has 0 atom stereocenters. The predicted molar refractivity (Wildman–Crippen MR) is 123 cm³/mol. The monoisotopic (exact) mass is 431 g/mol. The number of carbonyl (C=O) groups is 2. The first kappa shape index (κ1) is 21.2. The lowest BCUT2D eigenvalue weighted by Gasteiger charge is -2.11. The summed E-state index contributed by atoms with van der Waals surface area (Å²) >= 11 is 0. The van der Waals surface area contributed by atoms with Gasteiger partial charge >= 0.3 is 5.97 Å². The maximum absolute atomic E-state index is 12.7. The standard InChI is InChI=1S/C25H25N3O4/c1-3-31-25(30)23-15-22-21(13-14-27(22)2)28(23)16-24(29)26-19-9-11-20(12-10-19)32-17-18-7-5-4-6-8-18/h4-15H,3,16-17H2,1-2H3,(H,26,29). The third-order valence-corrected chi connectivity index (χ3v) is 5.13. The number of aromatic nitrogens is 2. The van der Waals surface area contributed by atoms with Crippen molar-refractivity contribution in [1.82, 2.24) is 9.13 Å². The molecule has 0 saturated heterocycles. The largest absolute Gasteiger partial charge is 0.489 e. The fourth-order valence-electron chi connectivity index (χ4n) is 3.53. The number of aryl methyl sites for hydroxylation is 1. The summed E-state index contributed by atoms with van der Waals surface area (Å²) < 4.78 is 14.5. The van der Waals surface area contributed by atoms with Crippen molar-refractivity contribution in [2.45, 2.75) is 20.1 Å². The molecule has 4 aromatic rings. The normalized spacial score (nSPS) is 10.8. The smallest absolute Gasteiger partial charge is 0.355 e. The molecule has 0 aliphatic carbocycles. The van der Waals surface area contributed by atoms with Gasteiger partial charge in [0.05, 0.1) is 17.6 Å². The van der Waals surface area contributed by atoms with Gasteiger partial charge in [-0.1, -0.05) is 30.3 Å². The number of fused-ring (bicyclic) bond motifs is 1. The van der Waals surface area contributed by atoms with E-state index in [1.165, 1.54) is 0 Å². The van der Waals surface area contributed by atoms with Gasteiger partial charge in [-0.2, -0.15) is 0 Å². The van der Waals surface area contributed by atoms with Crippen LogP contribution in [0.2, 0.25) is 0 Å². The molecule has 4 rings (SSSR count). The fourth-order valence-corrected chi connectivity index (χ4v) is 3.53. The number of nitrogens with zero attached hydrogens (tertiary/aromatic N) is 2. The maximum Gasteiger partial charge on any atom is 0.355 e. The number of hydrogen-bond donors (Lipinski definition) is 1. The van der Waals surface area contributed by atoms with Crippen molar-refractivity contribution in [3.8, 4) is 5.75 Å². The molecule has 32 heavy (non-hydrogen) atoms. The third-order valence-electron chi connectivity index (χ3n) is 5.13. The highest BCUT2D eigenvalue weighted by Crippen LogP contribution is 2.22. The van der Waals surface area contributed by atoms with Crippen molar-refractivity contribution in [3.05, 3.63) is 84.2 Å². The van der Waals surface area contributed by atoms with Crippen LogP contribution in [0.1, 0.15) is 23.0 Å². The molecule has 1 amide bonds. The number of esters is 1. The summed E-state index contributed by atoms with van der Waals surface area (Å²) in [5.41, 5.74) is 3.75. The summed E-state index contributed by atoms with van der Waals surface area (Å²) in [6.45, 7) is 2.49. The lowest BCUT2D eigenvalue weighted by Crippen LogP contribution is -2.22. The molecule has 1 N–H and O–H groups in total. The van der Waals surface area contributed by atoms with Crippen LogP contribution in [0.25, 0.3) is 11.0 Å². The zero-order chi connectivity index (χ0) is 22.5. The first-order chi connectivity index (χ1) is 15.5. The Labute approximate surface area is 186 Å². The van der Waals surface area contributed by atoms with E-state index in [0.29, 0.717) is 23.7 Å². The highest BCUT2D eigenvalue weighted by molar-refractivity contribution is 5.97. The van der Waals surface area contributed by atoms with Crippen LogP contribution in [0.4, 0.5) is 5.69 Å². The minimum atomic E-state index is -0.448. The summed E-state index contributed by atoms with van der Waals surface area (Å²) in [5, 5.41) is 2.88. The van der Waals surface area contributed by atoms with E-state index in [2.05, 4.69) is 5.32 Å². The average molecular weight is 431 g/mol. The Bertz CT molecular complexity index is 1220. The second kappa shape index (κ2) is 9.43. The maximum atomic E-state index is 12.7. The number of anilines is 1. The van der Waals surface area contributed by atoms with Crippen LogP contribution in [0.5, 0.6) is 5.75 Å². The topological polar surface area (TPSA) is 74.5 Å². The quantitative estimate of drug-likeness (QED) is 0.420. The molecular formula is C25H25N3O4. The average Bonchev–Trinajstić information content (AvgIpc) is 3.34. The molecule has 2 heterocycles. The molecule has 0 aliphatic rings. The van der Waals surface area contributed by atoms with E-state index in [0.717, 1.165) is 16.6 Å². The van der Waals surface area contributed by atoms with Crippen molar-refractivity contribution < 1.29 is 19.1 Å². The third kappa shape index (κ3) is 4.67. The van der Waals surface area contributed by atoms with E-state index >= 15 is 0 Å². The van der Waals surface area contributed by atoms with Crippen molar-refractivity contribution in [1.29, 1.82) is 0 Å². The van der Waals surface area contributed by atoms with Gasteiger partial charge in [-0.3, -0.25) is 4.79 Å². The first-order valence-electron chi connectivity index (χ1n) is 10.4. The number of benzene rings is 2. The molecule has 2 aromatic heterocycles. The van der Waals surface area contributed by atoms with Crippen LogP contribution in [-0.4, -0.2) is 27.6 Å². The second-order valence-electron chi connectivity index (χ2n) is 7.38. The second-order valence-corrected chi connectivity index (χ2v) is 7.38. The Hall–Kier alpha value is -4.00. The van der Waals surface area contributed by atoms with Crippen molar-refractivity contribution in [3.63, 3.8) is 0 Å². The van der Waals surface area contributed by atoms with Gasteiger partial charge < -0.3 is 23.9 Å². The van der Waals surface area contributed by atoms with Gasteiger partial charge in [-0.25, -0.2) is 4.79 Å². The number of hydrogen-bond acceptors (Lipinski definition) is 4. The first-order valence-corrected chi connectivity index (χ1v) is 10.4. The molecule has 7 heteroatoms. The Morgan fingerprint density at radius 1 is 0.969 bits per heavy atom. The zero-order valence-electron chi connectivity index (χ0n) is 18.1. The Morgan fingerprint density at radius 2 is 1.72 bits per heavy atom. The molecule has 0 spiro atoms. The highest BCUT2D eigenvalue weighted by atomic mass is 16.5. The molecule has 2 aromatic carbocycles. The summed E-state index contributed by atoms with van der Waals surface area (Å²) in [5.74, 6) is 0.0270. The van der Waals surface area contributed by atoms with E-state index in [-0.39, 0.29) is 19.1 Å². The molecule has 0 saturated carbocycles. The van der Waals surface area contributed by atoms with Crippen LogP contribution < -0.4 is 10.1 Å². The Kier molecular flexibility index (Phi) is 6.26. The molecule has 0 fully saturated rings. The lowest BCUT2D eigenvalue weighted by atomic mass is 10.2. The minimum absolute atomic E-state index is 0.00603. The van der Waals surface area contributed by atoms with Crippen LogP contribution >= 0.6 is 0 Å². The molecular weight excluding hydrogens is 406 g/mol. The van der Waals surface area contributed by atoms with E-state index in [1.54, 1.807) is 29.7 Å². The number of rotatable bonds is 8. The van der Waals surface area contributed by atoms with E-state index in [9.17, 15) is 9.59 Å². The van der Waals surface area contributed by atoms with Gasteiger partial charge in [0.25, 0.3) is 0 Å². The summed E-state index contributed by atoms with van der Waals surface area (Å²) in [7, 11) is 1.89. The van der Waals surface area contributed by atoms with E-state index in [4.69, 9.17) is 9.47 Å². The predicted octanol–water partition coefficient (Wildman–Crippen LogP) is 4.37. The van der Waals surface area contributed by atoms with Crippen molar-refractivity contribution in [2.75, 3.05) is 11.9 Å². The molecule has 164 valence electrons. The number of amides is 1. The van der Waals surface area contributed by atoms with Gasteiger partial charge in [0.15, 0.2) is 0 Å². The zero-order valence-corrected chi connectivity index (χ0v) is 18.1. The SMILES string of the molecule is CCOC(=O)c1cc2c(ccn2C)n1CC(=O)Nc1ccc(OCc2ccccc2)cc1. The number of ether oxygens (including phenoxy) is 2. The van der Waals surface area contributed by atoms with Gasteiger partial charge in [0.2, 0.25) is 5.91 Å².